The highest BCUT2D eigenvalue weighted by molar-refractivity contribution is 5.86. The number of methoxy groups -OCH3 is 1. The number of pyridine rings is 1. The first-order valence-corrected chi connectivity index (χ1v) is 11.3. The molecule has 0 amide bonds. The second kappa shape index (κ2) is 7.03. The number of aromatic nitrogens is 1. The van der Waals surface area contributed by atoms with Crippen molar-refractivity contribution in [3.05, 3.63) is 46.3 Å². The van der Waals surface area contributed by atoms with Gasteiger partial charge in [-0.1, -0.05) is 12.2 Å². The van der Waals surface area contributed by atoms with Crippen LogP contribution in [0, 0.1) is 29.4 Å². The fraction of sp³-hybridized carbons (Fsp3) is 0.500. The Kier molecular flexibility index (Phi) is 4.40. The standard InChI is InChI=1S/C24H24F2N2O5/c1-32-24-6-4-12(5-7-24)15-9-27(10-16(15)24)21-17(25)8-14-20(19(21)26)28(13-2-3-13)11-18(22(14)29)33-23(30)31/h4,6,8,11-13,15-16H,2-3,5,7,9-10H2,1H3,(H,30,31). The van der Waals surface area contributed by atoms with E-state index in [0.29, 0.717) is 19.0 Å². The Morgan fingerprint density at radius 2 is 2.03 bits per heavy atom. The molecule has 1 aromatic carbocycles. The van der Waals surface area contributed by atoms with Crippen molar-refractivity contribution in [1.29, 1.82) is 0 Å². The van der Waals surface area contributed by atoms with Crippen molar-refractivity contribution in [2.24, 2.45) is 17.8 Å². The Balaban J connectivity index is 1.48. The van der Waals surface area contributed by atoms with E-state index in [0.717, 1.165) is 31.7 Å². The summed E-state index contributed by atoms with van der Waals surface area (Å²) in [5, 5.41) is 8.74. The van der Waals surface area contributed by atoms with Crippen molar-refractivity contribution in [2.75, 3.05) is 25.1 Å². The Morgan fingerprint density at radius 1 is 1.24 bits per heavy atom. The van der Waals surface area contributed by atoms with Gasteiger partial charge in [-0.05, 0) is 43.6 Å². The highest BCUT2D eigenvalue weighted by atomic mass is 19.1. The minimum absolute atomic E-state index is 0.00550. The first-order chi connectivity index (χ1) is 15.8. The highest BCUT2D eigenvalue weighted by Gasteiger charge is 2.55. The summed E-state index contributed by atoms with van der Waals surface area (Å²) in [6.45, 7) is 0.977. The van der Waals surface area contributed by atoms with Gasteiger partial charge in [0.25, 0.3) is 0 Å². The van der Waals surface area contributed by atoms with Gasteiger partial charge in [-0.15, -0.1) is 0 Å². The molecular formula is C24H24F2N2O5. The van der Waals surface area contributed by atoms with Crippen molar-refractivity contribution in [3.63, 3.8) is 0 Å². The molecule has 1 N–H and O–H groups in total. The number of allylic oxidation sites excluding steroid dienone is 1. The number of fused-ring (bicyclic) bond motifs is 2. The van der Waals surface area contributed by atoms with E-state index >= 15 is 8.78 Å². The van der Waals surface area contributed by atoms with Crippen molar-refractivity contribution >= 4 is 22.7 Å². The molecule has 2 heterocycles. The molecule has 4 atom stereocenters. The lowest BCUT2D eigenvalue weighted by atomic mass is 9.61. The van der Waals surface area contributed by atoms with Crippen LogP contribution in [0.2, 0.25) is 0 Å². The average molecular weight is 458 g/mol. The third kappa shape index (κ3) is 2.94. The molecule has 5 aliphatic rings. The third-order valence-corrected chi connectivity index (χ3v) is 8.02. The van der Waals surface area contributed by atoms with Gasteiger partial charge in [-0.3, -0.25) is 4.79 Å². The predicted molar refractivity (Wildman–Crippen MR) is 116 cm³/mol. The Morgan fingerprint density at radius 3 is 2.67 bits per heavy atom. The number of hydrogen-bond acceptors (Lipinski definition) is 5. The number of rotatable bonds is 4. The SMILES string of the molecule is COC12C=CC(CC1)C1CN(c3c(F)cc4c(=O)c(OC(=O)O)cn(C5CC5)c4c3F)CC12. The molecule has 1 aliphatic heterocycles. The Labute approximate surface area is 188 Å². The molecule has 9 heteroatoms. The maximum atomic E-state index is 16.0. The minimum atomic E-state index is -1.65. The molecule has 4 unspecified atom stereocenters. The summed E-state index contributed by atoms with van der Waals surface area (Å²) >= 11 is 0. The number of hydrogen-bond donors (Lipinski definition) is 1. The van der Waals surface area contributed by atoms with E-state index in [1.165, 1.54) is 10.8 Å². The third-order valence-electron chi connectivity index (χ3n) is 8.02. The Bertz CT molecular complexity index is 1270. The van der Waals surface area contributed by atoms with Crippen LogP contribution in [0.4, 0.5) is 19.3 Å². The van der Waals surface area contributed by atoms with Crippen LogP contribution in [0.5, 0.6) is 5.75 Å². The second-order valence-corrected chi connectivity index (χ2v) is 9.64. The molecule has 2 bridgehead atoms. The van der Waals surface area contributed by atoms with E-state index in [4.69, 9.17) is 9.84 Å². The van der Waals surface area contributed by atoms with Crippen LogP contribution < -0.4 is 15.1 Å². The normalized spacial score (nSPS) is 30.2. The fourth-order valence-corrected chi connectivity index (χ4v) is 6.31. The van der Waals surface area contributed by atoms with Crippen molar-refractivity contribution in [3.8, 4) is 5.75 Å². The molecular weight excluding hydrogens is 434 g/mol. The molecule has 174 valence electrons. The monoisotopic (exact) mass is 458 g/mol. The van der Waals surface area contributed by atoms with E-state index in [1.807, 2.05) is 0 Å². The van der Waals surface area contributed by atoms with Crippen LogP contribution >= 0.6 is 0 Å². The average Bonchev–Trinajstić information content (AvgIpc) is 3.53. The summed E-state index contributed by atoms with van der Waals surface area (Å²) in [6.07, 6.45) is 7.29. The predicted octanol–water partition coefficient (Wildman–Crippen LogP) is 4.09. The molecule has 33 heavy (non-hydrogen) atoms. The molecule has 2 aromatic rings. The van der Waals surface area contributed by atoms with Crippen LogP contribution in [0.15, 0.2) is 29.2 Å². The molecule has 1 aromatic heterocycles. The number of ether oxygens (including phenoxy) is 2. The molecule has 1 saturated heterocycles. The summed E-state index contributed by atoms with van der Waals surface area (Å²) in [6, 6.07) is 0.930. The van der Waals surface area contributed by atoms with Gasteiger partial charge < -0.3 is 24.0 Å². The number of carboxylic acid groups (broad SMARTS) is 1. The summed E-state index contributed by atoms with van der Waals surface area (Å²) < 4.78 is 43.4. The Hall–Kier alpha value is -2.94. The maximum Gasteiger partial charge on any atom is 0.511 e. The summed E-state index contributed by atoms with van der Waals surface area (Å²) in [4.78, 5) is 25.6. The van der Waals surface area contributed by atoms with E-state index in [1.54, 1.807) is 12.0 Å². The molecule has 3 fully saturated rings. The largest absolute Gasteiger partial charge is 0.511 e. The molecule has 2 saturated carbocycles. The van der Waals surface area contributed by atoms with Gasteiger partial charge >= 0.3 is 6.16 Å². The molecule has 0 radical (unpaired) electrons. The van der Waals surface area contributed by atoms with Crippen molar-refractivity contribution in [2.45, 2.75) is 37.3 Å². The topological polar surface area (TPSA) is 81.0 Å². The van der Waals surface area contributed by atoms with Gasteiger partial charge in [0.2, 0.25) is 5.43 Å². The van der Waals surface area contributed by atoms with E-state index < -0.39 is 34.6 Å². The van der Waals surface area contributed by atoms with Crippen molar-refractivity contribution in [1.82, 2.24) is 4.57 Å². The molecule has 4 aliphatic carbocycles. The molecule has 7 nitrogen and oxygen atoms in total. The smallest absolute Gasteiger partial charge is 0.449 e. The van der Waals surface area contributed by atoms with E-state index in [2.05, 4.69) is 16.9 Å². The highest BCUT2D eigenvalue weighted by Crippen LogP contribution is 2.53. The summed E-state index contributed by atoms with van der Waals surface area (Å²) in [5.74, 6) is -1.33. The first-order valence-electron chi connectivity index (χ1n) is 11.3. The van der Waals surface area contributed by atoms with Gasteiger partial charge in [0.15, 0.2) is 11.6 Å². The minimum Gasteiger partial charge on any atom is -0.449 e. The number of nitrogens with zero attached hydrogens (tertiary/aromatic N) is 2. The summed E-state index contributed by atoms with van der Waals surface area (Å²) in [7, 11) is 1.69. The number of benzene rings is 1. The molecule has 7 rings (SSSR count). The zero-order valence-corrected chi connectivity index (χ0v) is 18.1. The van der Waals surface area contributed by atoms with Crippen LogP contribution in [-0.2, 0) is 4.74 Å². The second-order valence-electron chi connectivity index (χ2n) is 9.64. The lowest BCUT2D eigenvalue weighted by Gasteiger charge is -2.48. The summed E-state index contributed by atoms with van der Waals surface area (Å²) in [5.41, 5.74) is -1.39. The van der Waals surface area contributed by atoms with E-state index in [-0.39, 0.29) is 34.5 Å². The number of anilines is 1. The van der Waals surface area contributed by atoms with Crippen LogP contribution in [0.1, 0.15) is 31.7 Å². The zero-order valence-electron chi connectivity index (χ0n) is 18.1. The lowest BCUT2D eigenvalue weighted by molar-refractivity contribution is -0.0728. The fourth-order valence-electron chi connectivity index (χ4n) is 6.31. The first kappa shape index (κ1) is 20.7. The zero-order chi connectivity index (χ0) is 23.1. The van der Waals surface area contributed by atoms with Crippen LogP contribution in [-0.4, -0.2) is 41.6 Å². The molecule has 0 spiro atoms. The van der Waals surface area contributed by atoms with Gasteiger partial charge in [-0.25, -0.2) is 13.6 Å². The lowest BCUT2D eigenvalue weighted by Crippen LogP contribution is -2.50. The van der Waals surface area contributed by atoms with Crippen LogP contribution in [0.25, 0.3) is 10.9 Å². The number of halogens is 2. The van der Waals surface area contributed by atoms with Crippen molar-refractivity contribution < 1.29 is 28.2 Å². The van der Waals surface area contributed by atoms with Crippen LogP contribution in [0.3, 0.4) is 0 Å². The quantitative estimate of drug-likeness (QED) is 0.549. The van der Waals surface area contributed by atoms with Gasteiger partial charge in [0, 0.05) is 32.2 Å². The van der Waals surface area contributed by atoms with Gasteiger partial charge in [0.05, 0.1) is 22.7 Å². The maximum absolute atomic E-state index is 16.0. The van der Waals surface area contributed by atoms with Gasteiger partial charge in [0.1, 0.15) is 11.5 Å². The van der Waals surface area contributed by atoms with Gasteiger partial charge in [-0.2, -0.15) is 0 Å². The number of carbonyl (C=O) groups is 1. The van der Waals surface area contributed by atoms with E-state index in [9.17, 15) is 9.59 Å².